The lowest BCUT2D eigenvalue weighted by atomic mass is 10.0. The minimum Gasteiger partial charge on any atom is -0.479 e. The van der Waals surface area contributed by atoms with Crippen molar-refractivity contribution in [2.75, 3.05) is 0 Å². The van der Waals surface area contributed by atoms with E-state index >= 15 is 0 Å². The highest BCUT2D eigenvalue weighted by Crippen LogP contribution is 2.20. The van der Waals surface area contributed by atoms with E-state index in [4.69, 9.17) is 5.11 Å². The van der Waals surface area contributed by atoms with Crippen LogP contribution in [-0.4, -0.2) is 21.3 Å². The van der Waals surface area contributed by atoms with Crippen molar-refractivity contribution in [3.63, 3.8) is 0 Å². The van der Waals surface area contributed by atoms with Crippen molar-refractivity contribution in [3.8, 4) is 0 Å². The zero-order valence-corrected chi connectivity index (χ0v) is 6.74. The van der Waals surface area contributed by atoms with Gasteiger partial charge < -0.3 is 14.7 Å². The second kappa shape index (κ2) is 2.60. The number of rotatable bonds is 2. The van der Waals surface area contributed by atoms with Crippen LogP contribution in [0.15, 0.2) is 10.6 Å². The van der Waals surface area contributed by atoms with Gasteiger partial charge in [-0.25, -0.2) is 4.79 Å². The lowest BCUT2D eigenvalue weighted by Crippen LogP contribution is -2.31. The normalized spacial score (nSPS) is 15.6. The van der Waals surface area contributed by atoms with Crippen molar-refractivity contribution in [1.82, 2.24) is 5.16 Å². The number of carboxylic acid groups (broad SMARTS) is 1. The lowest BCUT2D eigenvalue weighted by Gasteiger charge is -2.12. The van der Waals surface area contributed by atoms with Crippen LogP contribution in [0, 0.1) is 6.92 Å². The molecule has 0 aromatic carbocycles. The highest BCUT2D eigenvalue weighted by Gasteiger charge is 2.36. The molecule has 5 nitrogen and oxygen atoms in total. The predicted octanol–water partition coefficient (Wildman–Crippen LogP) is 0.275. The highest BCUT2D eigenvalue weighted by atomic mass is 16.5. The molecule has 12 heavy (non-hydrogen) atoms. The summed E-state index contributed by atoms with van der Waals surface area (Å²) in [5.74, 6) is -1.42. The van der Waals surface area contributed by atoms with E-state index in [0.717, 1.165) is 6.92 Å². The maximum absolute atomic E-state index is 10.5. The summed E-state index contributed by atoms with van der Waals surface area (Å²) in [6.07, 6.45) is 0. The largest absolute Gasteiger partial charge is 0.479 e. The fourth-order valence-corrected chi connectivity index (χ4v) is 0.698. The van der Waals surface area contributed by atoms with E-state index in [0.29, 0.717) is 5.69 Å². The summed E-state index contributed by atoms with van der Waals surface area (Å²) >= 11 is 0. The SMILES string of the molecule is Cc1cc(C(C)(O)C(=O)O)on1. The van der Waals surface area contributed by atoms with Crippen molar-refractivity contribution in [2.24, 2.45) is 0 Å². The minimum absolute atomic E-state index is 0.0625. The molecule has 0 amide bonds. The third-order valence-electron chi connectivity index (χ3n) is 1.52. The molecule has 1 rings (SSSR count). The van der Waals surface area contributed by atoms with Gasteiger partial charge in [-0.1, -0.05) is 5.16 Å². The van der Waals surface area contributed by atoms with Gasteiger partial charge in [0.15, 0.2) is 5.76 Å². The Morgan fingerprint density at radius 1 is 1.75 bits per heavy atom. The van der Waals surface area contributed by atoms with Gasteiger partial charge in [0.2, 0.25) is 5.60 Å². The van der Waals surface area contributed by atoms with Gasteiger partial charge in [0, 0.05) is 6.07 Å². The molecule has 0 saturated carbocycles. The third kappa shape index (κ3) is 1.31. The number of aryl methyl sites for hydroxylation is 1. The summed E-state index contributed by atoms with van der Waals surface area (Å²) in [6, 6.07) is 1.38. The van der Waals surface area contributed by atoms with Crippen LogP contribution in [0.3, 0.4) is 0 Å². The quantitative estimate of drug-likeness (QED) is 0.667. The van der Waals surface area contributed by atoms with Crippen molar-refractivity contribution in [2.45, 2.75) is 19.4 Å². The third-order valence-corrected chi connectivity index (χ3v) is 1.52. The molecule has 1 atom stereocenters. The van der Waals surface area contributed by atoms with Gasteiger partial charge in [-0.15, -0.1) is 0 Å². The Balaban J connectivity index is 3.05. The summed E-state index contributed by atoms with van der Waals surface area (Å²) in [5.41, 5.74) is -1.46. The number of aromatic nitrogens is 1. The second-order valence-corrected chi connectivity index (χ2v) is 2.71. The molecule has 0 aliphatic carbocycles. The van der Waals surface area contributed by atoms with Crippen LogP contribution in [0.4, 0.5) is 0 Å². The fourth-order valence-electron chi connectivity index (χ4n) is 0.698. The molecule has 0 aliphatic heterocycles. The molecule has 1 aromatic heterocycles. The Kier molecular flexibility index (Phi) is 1.89. The van der Waals surface area contributed by atoms with E-state index in [-0.39, 0.29) is 5.76 Å². The summed E-state index contributed by atoms with van der Waals surface area (Å²) in [5, 5.41) is 21.4. The average Bonchev–Trinajstić information content (AvgIpc) is 2.35. The van der Waals surface area contributed by atoms with Gasteiger partial charge >= 0.3 is 5.97 Å². The number of hydrogen-bond donors (Lipinski definition) is 2. The van der Waals surface area contributed by atoms with Crippen molar-refractivity contribution in [1.29, 1.82) is 0 Å². The number of aliphatic hydroxyl groups is 1. The number of nitrogens with zero attached hydrogens (tertiary/aromatic N) is 1. The molecule has 2 N–H and O–H groups in total. The minimum atomic E-state index is -2.00. The Morgan fingerprint density at radius 2 is 2.33 bits per heavy atom. The Hall–Kier alpha value is -1.36. The number of hydrogen-bond acceptors (Lipinski definition) is 4. The van der Waals surface area contributed by atoms with Crippen LogP contribution in [0.1, 0.15) is 18.4 Å². The van der Waals surface area contributed by atoms with E-state index in [1.54, 1.807) is 6.92 Å². The molecule has 0 bridgehead atoms. The lowest BCUT2D eigenvalue weighted by molar-refractivity contribution is -0.159. The number of carbonyl (C=O) groups is 1. The zero-order chi connectivity index (χ0) is 9.35. The van der Waals surface area contributed by atoms with Gasteiger partial charge in [-0.2, -0.15) is 0 Å². The van der Waals surface area contributed by atoms with Gasteiger partial charge in [0.1, 0.15) is 0 Å². The summed E-state index contributed by atoms with van der Waals surface area (Å²) in [6.45, 7) is 2.78. The Bertz CT molecular complexity index is 302. The van der Waals surface area contributed by atoms with E-state index in [1.807, 2.05) is 0 Å². The van der Waals surface area contributed by atoms with E-state index in [2.05, 4.69) is 9.68 Å². The maximum atomic E-state index is 10.5. The van der Waals surface area contributed by atoms with Crippen LogP contribution >= 0.6 is 0 Å². The molecule has 66 valence electrons. The standard InChI is InChI=1S/C7H9NO4/c1-4-3-5(12-8-4)7(2,11)6(9)10/h3,11H,1-2H3,(H,9,10). The van der Waals surface area contributed by atoms with Crippen molar-refractivity contribution in [3.05, 3.63) is 17.5 Å². The molecule has 0 spiro atoms. The van der Waals surface area contributed by atoms with E-state index < -0.39 is 11.6 Å². The van der Waals surface area contributed by atoms with Crippen LogP contribution in [0.25, 0.3) is 0 Å². The molecule has 1 heterocycles. The molecular formula is C7H9NO4. The van der Waals surface area contributed by atoms with Gasteiger partial charge in [-0.3, -0.25) is 0 Å². The molecule has 0 saturated heterocycles. The van der Waals surface area contributed by atoms with Gasteiger partial charge in [0.05, 0.1) is 5.69 Å². The zero-order valence-electron chi connectivity index (χ0n) is 6.74. The first-order valence-corrected chi connectivity index (χ1v) is 3.34. The Morgan fingerprint density at radius 3 is 2.67 bits per heavy atom. The van der Waals surface area contributed by atoms with Crippen molar-refractivity contribution < 1.29 is 19.5 Å². The molecule has 0 radical (unpaired) electrons. The van der Waals surface area contributed by atoms with Crippen LogP contribution in [-0.2, 0) is 10.4 Å². The predicted molar refractivity (Wildman–Crippen MR) is 38.4 cm³/mol. The van der Waals surface area contributed by atoms with Crippen LogP contribution in [0.2, 0.25) is 0 Å². The maximum Gasteiger partial charge on any atom is 0.343 e. The smallest absolute Gasteiger partial charge is 0.343 e. The van der Waals surface area contributed by atoms with Crippen LogP contribution in [0.5, 0.6) is 0 Å². The molecular weight excluding hydrogens is 162 g/mol. The molecule has 1 unspecified atom stereocenters. The summed E-state index contributed by atoms with van der Waals surface area (Å²) in [4.78, 5) is 10.5. The summed E-state index contributed by atoms with van der Waals surface area (Å²) in [7, 11) is 0. The summed E-state index contributed by atoms with van der Waals surface area (Å²) < 4.78 is 4.61. The van der Waals surface area contributed by atoms with E-state index in [9.17, 15) is 9.90 Å². The number of aliphatic carboxylic acids is 1. The van der Waals surface area contributed by atoms with Gasteiger partial charge in [-0.05, 0) is 13.8 Å². The second-order valence-electron chi connectivity index (χ2n) is 2.71. The monoisotopic (exact) mass is 171 g/mol. The fraction of sp³-hybridized carbons (Fsp3) is 0.429. The first-order valence-electron chi connectivity index (χ1n) is 3.34. The van der Waals surface area contributed by atoms with Crippen molar-refractivity contribution >= 4 is 5.97 Å². The first kappa shape index (κ1) is 8.73. The average molecular weight is 171 g/mol. The first-order chi connectivity index (χ1) is 5.44. The molecule has 1 aromatic rings. The van der Waals surface area contributed by atoms with Gasteiger partial charge in [0.25, 0.3) is 0 Å². The highest BCUT2D eigenvalue weighted by molar-refractivity contribution is 5.77. The molecule has 5 heteroatoms. The molecule has 0 aliphatic rings. The van der Waals surface area contributed by atoms with Crippen LogP contribution < -0.4 is 0 Å². The Labute approximate surface area is 68.6 Å². The van der Waals surface area contributed by atoms with E-state index in [1.165, 1.54) is 6.07 Å². The molecule has 0 fully saturated rings. The topological polar surface area (TPSA) is 83.6 Å². The number of carboxylic acids is 1.